The van der Waals surface area contributed by atoms with Gasteiger partial charge in [0, 0.05) is 12.8 Å². The highest BCUT2D eigenvalue weighted by molar-refractivity contribution is 5.88. The first-order valence-electron chi connectivity index (χ1n) is 6.21. The van der Waals surface area contributed by atoms with Gasteiger partial charge in [0.25, 0.3) is 0 Å². The van der Waals surface area contributed by atoms with E-state index in [2.05, 4.69) is 6.92 Å². The zero-order valence-electron chi connectivity index (χ0n) is 10.3. The van der Waals surface area contributed by atoms with Gasteiger partial charge in [0.05, 0.1) is 5.92 Å². The number of allylic oxidation sites excluding steroid dienone is 4. The summed E-state index contributed by atoms with van der Waals surface area (Å²) >= 11 is 0. The van der Waals surface area contributed by atoms with Crippen molar-refractivity contribution in [2.24, 2.45) is 11.8 Å². The van der Waals surface area contributed by atoms with Gasteiger partial charge in [-0.05, 0) is 18.8 Å². The van der Waals surface area contributed by atoms with Crippen LogP contribution < -0.4 is 0 Å². The minimum atomic E-state index is -0.735. The van der Waals surface area contributed by atoms with Gasteiger partial charge >= 0.3 is 5.97 Å². The van der Waals surface area contributed by atoms with Crippen LogP contribution in [0.1, 0.15) is 39.0 Å². The molecule has 0 amide bonds. The third kappa shape index (κ3) is 4.98. The van der Waals surface area contributed by atoms with E-state index in [1.54, 1.807) is 0 Å². The maximum Gasteiger partial charge on any atom is 0.303 e. The minimum absolute atomic E-state index is 0.0491. The Balaban J connectivity index is 2.31. The quantitative estimate of drug-likeness (QED) is 0.691. The van der Waals surface area contributed by atoms with Crippen LogP contribution in [0.15, 0.2) is 24.3 Å². The molecule has 1 rings (SSSR count). The molecule has 0 aromatic carbocycles. The van der Waals surface area contributed by atoms with Crippen LogP contribution in [0.4, 0.5) is 0 Å². The van der Waals surface area contributed by atoms with Gasteiger partial charge in [-0.3, -0.25) is 9.59 Å². The second-order valence-corrected chi connectivity index (χ2v) is 4.49. The number of carbonyl (C=O) groups excluding carboxylic acids is 1. The average Bonchev–Trinajstić information content (AvgIpc) is 2.69. The van der Waals surface area contributed by atoms with Crippen LogP contribution in [-0.4, -0.2) is 16.9 Å². The smallest absolute Gasteiger partial charge is 0.303 e. The molecule has 1 N–H and O–H groups in total. The van der Waals surface area contributed by atoms with Crippen molar-refractivity contribution in [3.8, 4) is 0 Å². The maximum absolute atomic E-state index is 11.3. The molecule has 0 fully saturated rings. The summed E-state index contributed by atoms with van der Waals surface area (Å²) in [6.45, 7) is 2.07. The highest BCUT2D eigenvalue weighted by Gasteiger charge is 2.15. The number of Topliss-reactive ketones (excluding diaryl/α,β-unsaturated/α-hetero) is 1. The molecule has 0 spiro atoms. The lowest BCUT2D eigenvalue weighted by molar-refractivity contribution is -0.137. The van der Waals surface area contributed by atoms with Crippen LogP contribution in [0.3, 0.4) is 0 Å². The Morgan fingerprint density at radius 3 is 2.94 bits per heavy atom. The first-order chi connectivity index (χ1) is 8.13. The molecule has 3 nitrogen and oxygen atoms in total. The van der Waals surface area contributed by atoms with Crippen molar-refractivity contribution in [1.29, 1.82) is 0 Å². The molecule has 0 aromatic rings. The molecule has 94 valence electrons. The number of aliphatic carboxylic acids is 1. The Morgan fingerprint density at radius 1 is 1.65 bits per heavy atom. The minimum Gasteiger partial charge on any atom is -0.481 e. The number of carboxylic acid groups (broad SMARTS) is 1. The highest BCUT2D eigenvalue weighted by atomic mass is 16.4. The zero-order chi connectivity index (χ0) is 12.7. The second-order valence-electron chi connectivity index (χ2n) is 4.49. The molecule has 1 aliphatic rings. The molecular formula is C14H20O3. The lowest BCUT2D eigenvalue weighted by Gasteiger charge is -2.10. The van der Waals surface area contributed by atoms with Crippen molar-refractivity contribution in [3.05, 3.63) is 24.3 Å². The SMILES string of the molecule is CCC(C/C=C\C1C=CCC1=O)CCC(=O)O. The fourth-order valence-electron chi connectivity index (χ4n) is 1.98. The number of carbonyl (C=O) groups is 2. The lowest BCUT2D eigenvalue weighted by atomic mass is 9.95. The molecule has 0 aromatic heterocycles. The van der Waals surface area contributed by atoms with Crippen LogP contribution >= 0.6 is 0 Å². The zero-order valence-corrected chi connectivity index (χ0v) is 10.3. The molecule has 0 heterocycles. The number of ketones is 1. The summed E-state index contributed by atoms with van der Waals surface area (Å²) in [4.78, 5) is 21.8. The van der Waals surface area contributed by atoms with E-state index in [-0.39, 0.29) is 18.1 Å². The molecule has 2 unspecified atom stereocenters. The highest BCUT2D eigenvalue weighted by Crippen LogP contribution is 2.19. The Hall–Kier alpha value is -1.38. The van der Waals surface area contributed by atoms with Gasteiger partial charge in [0.15, 0.2) is 0 Å². The van der Waals surface area contributed by atoms with Crippen molar-refractivity contribution in [2.75, 3.05) is 0 Å². The van der Waals surface area contributed by atoms with E-state index >= 15 is 0 Å². The topological polar surface area (TPSA) is 54.4 Å². The molecule has 0 saturated heterocycles. The molecular weight excluding hydrogens is 216 g/mol. The first-order valence-corrected chi connectivity index (χ1v) is 6.21. The molecule has 0 saturated carbocycles. The van der Waals surface area contributed by atoms with Crippen LogP contribution in [0.25, 0.3) is 0 Å². The summed E-state index contributed by atoms with van der Waals surface area (Å²) in [5, 5.41) is 8.62. The predicted molar refractivity (Wildman–Crippen MR) is 66.7 cm³/mol. The van der Waals surface area contributed by atoms with Crippen LogP contribution in [0.5, 0.6) is 0 Å². The van der Waals surface area contributed by atoms with Crippen molar-refractivity contribution in [1.82, 2.24) is 0 Å². The third-order valence-corrected chi connectivity index (χ3v) is 3.19. The van der Waals surface area contributed by atoms with E-state index < -0.39 is 5.97 Å². The first kappa shape index (κ1) is 13.7. The summed E-state index contributed by atoms with van der Waals surface area (Å²) in [6.07, 6.45) is 11.1. The predicted octanol–water partition coefficient (Wildman–Crippen LogP) is 2.97. The molecule has 17 heavy (non-hydrogen) atoms. The number of carboxylic acids is 1. The van der Waals surface area contributed by atoms with Gasteiger partial charge in [0.2, 0.25) is 0 Å². The van der Waals surface area contributed by atoms with E-state index in [0.29, 0.717) is 18.8 Å². The number of hydrogen-bond acceptors (Lipinski definition) is 2. The third-order valence-electron chi connectivity index (χ3n) is 3.19. The normalized spacial score (nSPS) is 21.2. The molecule has 0 aliphatic heterocycles. The van der Waals surface area contributed by atoms with E-state index in [9.17, 15) is 9.59 Å². The summed E-state index contributed by atoms with van der Waals surface area (Å²) in [6, 6.07) is 0. The average molecular weight is 236 g/mol. The Labute approximate surface area is 102 Å². The summed E-state index contributed by atoms with van der Waals surface area (Å²) < 4.78 is 0. The summed E-state index contributed by atoms with van der Waals surface area (Å²) in [5.41, 5.74) is 0. The molecule has 3 heteroatoms. The van der Waals surface area contributed by atoms with Crippen LogP contribution in [0.2, 0.25) is 0 Å². The summed E-state index contributed by atoms with van der Waals surface area (Å²) in [5.74, 6) is -0.129. The molecule has 0 radical (unpaired) electrons. The Kier molecular flexibility index (Phi) is 5.67. The van der Waals surface area contributed by atoms with Crippen LogP contribution in [0, 0.1) is 11.8 Å². The van der Waals surface area contributed by atoms with Crippen LogP contribution in [-0.2, 0) is 9.59 Å². The monoisotopic (exact) mass is 236 g/mol. The van der Waals surface area contributed by atoms with E-state index in [1.165, 1.54) is 0 Å². The maximum atomic E-state index is 11.3. The van der Waals surface area contributed by atoms with Crippen molar-refractivity contribution in [3.63, 3.8) is 0 Å². The Bertz CT molecular complexity index is 328. The van der Waals surface area contributed by atoms with Gasteiger partial charge in [0.1, 0.15) is 5.78 Å². The molecule has 1 aliphatic carbocycles. The number of rotatable bonds is 7. The van der Waals surface area contributed by atoms with Crippen molar-refractivity contribution < 1.29 is 14.7 Å². The molecule has 0 bridgehead atoms. The van der Waals surface area contributed by atoms with Gasteiger partial charge in [-0.2, -0.15) is 0 Å². The standard InChI is InChI=1S/C14H20O3/c1-2-11(9-10-14(16)17)5-3-6-12-7-4-8-13(12)15/h3-4,6-7,11-12H,2,5,8-10H2,1H3,(H,16,17)/b6-3-. The fourth-order valence-corrected chi connectivity index (χ4v) is 1.98. The van der Waals surface area contributed by atoms with Gasteiger partial charge in [-0.25, -0.2) is 0 Å². The Morgan fingerprint density at radius 2 is 2.41 bits per heavy atom. The number of hydrogen-bond donors (Lipinski definition) is 1. The van der Waals surface area contributed by atoms with E-state index in [0.717, 1.165) is 12.8 Å². The second kappa shape index (κ2) is 7.05. The molecule has 2 atom stereocenters. The van der Waals surface area contributed by atoms with E-state index in [4.69, 9.17) is 5.11 Å². The largest absolute Gasteiger partial charge is 0.481 e. The lowest BCUT2D eigenvalue weighted by Crippen LogP contribution is -2.04. The van der Waals surface area contributed by atoms with Crippen molar-refractivity contribution in [2.45, 2.75) is 39.0 Å². The van der Waals surface area contributed by atoms with Gasteiger partial charge < -0.3 is 5.11 Å². The summed E-state index contributed by atoms with van der Waals surface area (Å²) in [7, 11) is 0. The van der Waals surface area contributed by atoms with Gasteiger partial charge in [-0.15, -0.1) is 0 Å². The fraction of sp³-hybridized carbons (Fsp3) is 0.571. The van der Waals surface area contributed by atoms with Crippen molar-refractivity contribution >= 4 is 11.8 Å². The van der Waals surface area contributed by atoms with E-state index in [1.807, 2.05) is 24.3 Å². The van der Waals surface area contributed by atoms with Gasteiger partial charge in [-0.1, -0.05) is 37.6 Å².